The lowest BCUT2D eigenvalue weighted by atomic mass is 10.1. The Hall–Kier alpha value is -1.68. The molecule has 0 aliphatic carbocycles. The van der Waals surface area contributed by atoms with Crippen LogP contribution in [0.1, 0.15) is 15.9 Å². The van der Waals surface area contributed by atoms with E-state index in [1.165, 1.54) is 18.2 Å². The number of anilines is 1. The molecule has 0 aromatic heterocycles. The molecule has 0 atom stereocenters. The summed E-state index contributed by atoms with van der Waals surface area (Å²) in [5.41, 5.74) is 2.28. The molecule has 0 aliphatic rings. The molecule has 19 heavy (non-hydrogen) atoms. The van der Waals surface area contributed by atoms with Crippen LogP contribution in [0.25, 0.3) is 0 Å². The number of para-hydroxylation sites is 1. The lowest BCUT2D eigenvalue weighted by Gasteiger charge is -2.20. The zero-order valence-electron chi connectivity index (χ0n) is 10.7. The van der Waals surface area contributed by atoms with Gasteiger partial charge in [0.2, 0.25) is 0 Å². The van der Waals surface area contributed by atoms with Crippen molar-refractivity contribution in [1.82, 2.24) is 0 Å². The average Bonchev–Trinajstić information content (AvgIpc) is 2.38. The fraction of sp³-hybridized carbons (Fsp3) is 0.133. The maximum Gasteiger partial charge on any atom is 0.259 e. The first-order valence-corrected chi connectivity index (χ1v) is 6.58. The maximum absolute atomic E-state index is 13.0. The van der Waals surface area contributed by atoms with Gasteiger partial charge in [-0.05, 0) is 52.7 Å². The van der Waals surface area contributed by atoms with Gasteiger partial charge in [-0.25, -0.2) is 4.39 Å². The molecule has 0 saturated heterocycles. The zero-order valence-corrected chi connectivity index (χ0v) is 12.2. The van der Waals surface area contributed by atoms with E-state index in [-0.39, 0.29) is 11.7 Å². The highest BCUT2D eigenvalue weighted by molar-refractivity contribution is 9.10. The number of halogens is 2. The van der Waals surface area contributed by atoms with Gasteiger partial charge in [0.05, 0.1) is 5.56 Å². The molecule has 0 unspecified atom stereocenters. The molecule has 0 saturated carbocycles. The Balaban J connectivity index is 2.37. The molecule has 1 amide bonds. The minimum atomic E-state index is -0.373. The van der Waals surface area contributed by atoms with E-state index in [1.54, 1.807) is 11.9 Å². The minimum absolute atomic E-state index is 0.179. The van der Waals surface area contributed by atoms with Gasteiger partial charge in [-0.15, -0.1) is 0 Å². The number of hydrogen-bond acceptors (Lipinski definition) is 1. The molecule has 0 spiro atoms. The van der Waals surface area contributed by atoms with Crippen molar-refractivity contribution in [2.45, 2.75) is 6.92 Å². The first-order chi connectivity index (χ1) is 9.00. The van der Waals surface area contributed by atoms with Gasteiger partial charge in [-0.3, -0.25) is 4.79 Å². The Morgan fingerprint density at radius 3 is 2.53 bits per heavy atom. The first-order valence-electron chi connectivity index (χ1n) is 5.79. The molecule has 0 N–H and O–H groups in total. The molecular weight excluding hydrogens is 309 g/mol. The third-order valence-electron chi connectivity index (χ3n) is 2.94. The summed E-state index contributed by atoms with van der Waals surface area (Å²) in [6, 6.07) is 11.7. The molecule has 4 heteroatoms. The second-order valence-corrected chi connectivity index (χ2v) is 5.13. The molecule has 0 radical (unpaired) electrons. The molecule has 0 heterocycles. The predicted molar refractivity (Wildman–Crippen MR) is 78.0 cm³/mol. The number of aryl methyl sites for hydroxylation is 1. The van der Waals surface area contributed by atoms with Crippen LogP contribution in [0.3, 0.4) is 0 Å². The summed E-state index contributed by atoms with van der Waals surface area (Å²) < 4.78 is 13.5. The molecule has 98 valence electrons. The second kappa shape index (κ2) is 5.53. The van der Waals surface area contributed by atoms with Crippen molar-refractivity contribution in [3.8, 4) is 0 Å². The summed E-state index contributed by atoms with van der Waals surface area (Å²) >= 11 is 3.22. The quantitative estimate of drug-likeness (QED) is 0.812. The van der Waals surface area contributed by atoms with E-state index in [0.29, 0.717) is 10.0 Å². The van der Waals surface area contributed by atoms with Crippen molar-refractivity contribution in [2.24, 2.45) is 0 Å². The fourth-order valence-corrected chi connectivity index (χ4v) is 2.41. The molecule has 0 aliphatic heterocycles. The van der Waals surface area contributed by atoms with Crippen molar-refractivity contribution in [1.29, 1.82) is 0 Å². The van der Waals surface area contributed by atoms with E-state index in [0.717, 1.165) is 11.3 Å². The summed E-state index contributed by atoms with van der Waals surface area (Å²) in [5, 5.41) is 0. The van der Waals surface area contributed by atoms with Crippen LogP contribution in [0.5, 0.6) is 0 Å². The highest BCUT2D eigenvalue weighted by Crippen LogP contribution is 2.24. The van der Waals surface area contributed by atoms with E-state index >= 15 is 0 Å². The van der Waals surface area contributed by atoms with E-state index in [2.05, 4.69) is 15.9 Å². The Bertz CT molecular complexity index is 627. The highest BCUT2D eigenvalue weighted by Gasteiger charge is 2.17. The Labute approximate surface area is 120 Å². The number of rotatable bonds is 2. The summed E-state index contributed by atoms with van der Waals surface area (Å²) in [5.74, 6) is -0.553. The third kappa shape index (κ3) is 2.84. The lowest BCUT2D eigenvalue weighted by molar-refractivity contribution is 0.0992. The van der Waals surface area contributed by atoms with Crippen molar-refractivity contribution >= 4 is 27.5 Å². The molecule has 2 nitrogen and oxygen atoms in total. The van der Waals surface area contributed by atoms with Gasteiger partial charge in [0.15, 0.2) is 0 Å². The number of carbonyl (C=O) groups is 1. The Kier molecular flexibility index (Phi) is 4.00. The molecule has 2 aromatic rings. The van der Waals surface area contributed by atoms with Crippen LogP contribution < -0.4 is 4.90 Å². The number of benzene rings is 2. The van der Waals surface area contributed by atoms with Gasteiger partial charge in [0, 0.05) is 17.2 Å². The summed E-state index contributed by atoms with van der Waals surface area (Å²) in [7, 11) is 1.71. The number of hydrogen-bond donors (Lipinski definition) is 0. The van der Waals surface area contributed by atoms with Crippen molar-refractivity contribution in [2.75, 3.05) is 11.9 Å². The largest absolute Gasteiger partial charge is 0.311 e. The molecule has 2 aromatic carbocycles. The SMILES string of the molecule is Cc1ccccc1N(C)C(=O)c1ccc(F)cc1Br. The van der Waals surface area contributed by atoms with Gasteiger partial charge in [-0.2, -0.15) is 0 Å². The summed E-state index contributed by atoms with van der Waals surface area (Å²) in [6.45, 7) is 1.94. The zero-order chi connectivity index (χ0) is 14.0. The molecule has 0 bridgehead atoms. The van der Waals surface area contributed by atoms with Crippen molar-refractivity contribution < 1.29 is 9.18 Å². The Morgan fingerprint density at radius 1 is 1.21 bits per heavy atom. The van der Waals surface area contributed by atoms with E-state index in [1.807, 2.05) is 31.2 Å². The van der Waals surface area contributed by atoms with E-state index < -0.39 is 0 Å². The standard InChI is InChI=1S/C15H13BrFNO/c1-10-5-3-4-6-14(10)18(2)15(19)12-8-7-11(17)9-13(12)16/h3-9H,1-2H3. The number of amides is 1. The van der Waals surface area contributed by atoms with Gasteiger partial charge in [-0.1, -0.05) is 18.2 Å². The smallest absolute Gasteiger partial charge is 0.259 e. The molecule has 2 rings (SSSR count). The third-order valence-corrected chi connectivity index (χ3v) is 3.60. The normalized spacial score (nSPS) is 10.3. The average molecular weight is 322 g/mol. The monoisotopic (exact) mass is 321 g/mol. The first kappa shape index (κ1) is 13.7. The van der Waals surface area contributed by atoms with Gasteiger partial charge in [0.1, 0.15) is 5.82 Å². The minimum Gasteiger partial charge on any atom is -0.311 e. The van der Waals surface area contributed by atoms with Gasteiger partial charge < -0.3 is 4.90 Å². The van der Waals surface area contributed by atoms with Crippen LogP contribution in [-0.2, 0) is 0 Å². The van der Waals surface area contributed by atoms with Gasteiger partial charge in [0.25, 0.3) is 5.91 Å². The molecule has 0 fully saturated rings. The van der Waals surface area contributed by atoms with Crippen LogP contribution in [0.2, 0.25) is 0 Å². The van der Waals surface area contributed by atoms with Crippen molar-refractivity contribution in [3.05, 3.63) is 63.9 Å². The summed E-state index contributed by atoms with van der Waals surface area (Å²) in [6.07, 6.45) is 0. The molecular formula is C15H13BrFNO. The van der Waals surface area contributed by atoms with Crippen LogP contribution in [-0.4, -0.2) is 13.0 Å². The lowest BCUT2D eigenvalue weighted by Crippen LogP contribution is -2.27. The van der Waals surface area contributed by atoms with E-state index in [4.69, 9.17) is 0 Å². The number of nitrogens with zero attached hydrogens (tertiary/aromatic N) is 1. The van der Waals surface area contributed by atoms with Gasteiger partial charge >= 0.3 is 0 Å². The topological polar surface area (TPSA) is 20.3 Å². The maximum atomic E-state index is 13.0. The predicted octanol–water partition coefficient (Wildman–Crippen LogP) is 4.17. The summed E-state index contributed by atoms with van der Waals surface area (Å²) in [4.78, 5) is 14.0. The second-order valence-electron chi connectivity index (χ2n) is 4.27. The van der Waals surface area contributed by atoms with Crippen LogP contribution >= 0.6 is 15.9 Å². The van der Waals surface area contributed by atoms with E-state index in [9.17, 15) is 9.18 Å². The highest BCUT2D eigenvalue weighted by atomic mass is 79.9. The van der Waals surface area contributed by atoms with Crippen molar-refractivity contribution in [3.63, 3.8) is 0 Å². The van der Waals surface area contributed by atoms with Crippen LogP contribution in [0.15, 0.2) is 46.9 Å². The fourth-order valence-electron chi connectivity index (χ4n) is 1.89. The number of carbonyl (C=O) groups excluding carboxylic acids is 1. The Morgan fingerprint density at radius 2 is 1.89 bits per heavy atom. The van der Waals surface area contributed by atoms with Crippen LogP contribution in [0, 0.1) is 12.7 Å². The van der Waals surface area contributed by atoms with Crippen LogP contribution in [0.4, 0.5) is 10.1 Å².